The molecule has 0 aliphatic carbocycles. The van der Waals surface area contributed by atoms with Gasteiger partial charge in [-0.25, -0.2) is 9.48 Å². The van der Waals surface area contributed by atoms with Crippen LogP contribution in [0.3, 0.4) is 0 Å². The SMILES string of the molecule is Cc1ccc(-n2[nH]c(C)c(C=Nc3ccc(O)c(C(=O)O)c3)c2=O)cc1Cl. The molecule has 138 valence electrons. The number of hydrogen-bond acceptors (Lipinski definition) is 4. The molecule has 2 aromatic carbocycles. The van der Waals surface area contributed by atoms with Crippen molar-refractivity contribution in [2.75, 3.05) is 0 Å². The molecule has 0 saturated carbocycles. The van der Waals surface area contributed by atoms with E-state index < -0.39 is 5.97 Å². The number of aromatic nitrogens is 2. The summed E-state index contributed by atoms with van der Waals surface area (Å²) < 4.78 is 1.36. The summed E-state index contributed by atoms with van der Waals surface area (Å²) >= 11 is 6.13. The molecule has 0 fully saturated rings. The predicted octanol–water partition coefficient (Wildman–Crippen LogP) is 3.59. The first-order valence-corrected chi connectivity index (χ1v) is 8.34. The maximum Gasteiger partial charge on any atom is 0.339 e. The van der Waals surface area contributed by atoms with Gasteiger partial charge in [-0.2, -0.15) is 0 Å². The summed E-state index contributed by atoms with van der Waals surface area (Å²) in [7, 11) is 0. The molecule has 0 bridgehead atoms. The Kier molecular flexibility index (Phi) is 4.87. The number of rotatable bonds is 4. The fourth-order valence-electron chi connectivity index (χ4n) is 2.53. The van der Waals surface area contributed by atoms with Crippen molar-refractivity contribution in [1.82, 2.24) is 9.78 Å². The number of nitrogens with zero attached hydrogens (tertiary/aromatic N) is 2. The highest BCUT2D eigenvalue weighted by Gasteiger charge is 2.13. The normalized spacial score (nSPS) is 11.2. The Morgan fingerprint density at radius 1 is 1.22 bits per heavy atom. The first-order chi connectivity index (χ1) is 12.8. The number of phenols is 1. The summed E-state index contributed by atoms with van der Waals surface area (Å²) in [6.45, 7) is 3.60. The van der Waals surface area contributed by atoms with E-state index in [1.165, 1.54) is 29.1 Å². The Bertz CT molecular complexity index is 1130. The van der Waals surface area contributed by atoms with E-state index in [4.69, 9.17) is 16.7 Å². The van der Waals surface area contributed by atoms with Crippen molar-refractivity contribution >= 4 is 29.5 Å². The minimum Gasteiger partial charge on any atom is -0.507 e. The third-order valence-corrected chi connectivity index (χ3v) is 4.49. The number of aromatic carboxylic acids is 1. The van der Waals surface area contributed by atoms with Crippen molar-refractivity contribution in [2.24, 2.45) is 4.99 Å². The van der Waals surface area contributed by atoms with Crippen molar-refractivity contribution in [3.8, 4) is 11.4 Å². The number of carboxylic acid groups (broad SMARTS) is 1. The molecule has 0 aliphatic heterocycles. The van der Waals surface area contributed by atoms with E-state index >= 15 is 0 Å². The average molecular weight is 386 g/mol. The van der Waals surface area contributed by atoms with Crippen LogP contribution in [0.15, 0.2) is 46.2 Å². The molecule has 0 unspecified atom stereocenters. The lowest BCUT2D eigenvalue weighted by molar-refractivity contribution is 0.0694. The van der Waals surface area contributed by atoms with E-state index in [1.807, 2.05) is 13.0 Å². The van der Waals surface area contributed by atoms with Crippen LogP contribution in [0, 0.1) is 13.8 Å². The van der Waals surface area contributed by atoms with Crippen LogP contribution in [-0.2, 0) is 0 Å². The maximum atomic E-state index is 12.7. The van der Waals surface area contributed by atoms with E-state index in [2.05, 4.69) is 10.1 Å². The Hall–Kier alpha value is -3.32. The summed E-state index contributed by atoms with van der Waals surface area (Å²) in [6, 6.07) is 9.21. The highest BCUT2D eigenvalue weighted by Crippen LogP contribution is 2.23. The topological polar surface area (TPSA) is 108 Å². The van der Waals surface area contributed by atoms with Crippen LogP contribution < -0.4 is 5.56 Å². The lowest BCUT2D eigenvalue weighted by Crippen LogP contribution is -2.17. The molecule has 7 nitrogen and oxygen atoms in total. The largest absolute Gasteiger partial charge is 0.507 e. The van der Waals surface area contributed by atoms with E-state index in [1.54, 1.807) is 19.1 Å². The molecule has 0 atom stereocenters. The minimum atomic E-state index is -1.26. The molecule has 3 N–H and O–H groups in total. The molecule has 27 heavy (non-hydrogen) atoms. The molecular weight excluding hydrogens is 370 g/mol. The molecule has 0 spiro atoms. The quantitative estimate of drug-likeness (QED) is 0.596. The molecule has 1 heterocycles. The van der Waals surface area contributed by atoms with Gasteiger partial charge in [0.2, 0.25) is 0 Å². The second-order valence-electron chi connectivity index (χ2n) is 5.99. The average Bonchev–Trinajstić information content (AvgIpc) is 2.90. The van der Waals surface area contributed by atoms with Crippen molar-refractivity contribution in [3.63, 3.8) is 0 Å². The number of aryl methyl sites for hydroxylation is 2. The van der Waals surface area contributed by atoms with Gasteiger partial charge in [0, 0.05) is 16.9 Å². The van der Waals surface area contributed by atoms with Gasteiger partial charge in [0.15, 0.2) is 0 Å². The lowest BCUT2D eigenvalue weighted by atomic mass is 10.2. The molecule has 0 amide bonds. The van der Waals surface area contributed by atoms with Gasteiger partial charge in [-0.05, 0) is 49.7 Å². The fraction of sp³-hybridized carbons (Fsp3) is 0.105. The number of hydrogen-bond donors (Lipinski definition) is 3. The Morgan fingerprint density at radius 2 is 1.96 bits per heavy atom. The number of carbonyl (C=O) groups is 1. The van der Waals surface area contributed by atoms with E-state index in [-0.39, 0.29) is 16.9 Å². The van der Waals surface area contributed by atoms with Crippen LogP contribution >= 0.6 is 11.6 Å². The van der Waals surface area contributed by atoms with Gasteiger partial charge < -0.3 is 10.2 Å². The number of aromatic hydroxyl groups is 1. The number of halogens is 1. The third kappa shape index (κ3) is 3.63. The number of benzene rings is 2. The molecular formula is C19H16ClN3O4. The third-order valence-electron chi connectivity index (χ3n) is 4.08. The zero-order valence-corrected chi connectivity index (χ0v) is 15.3. The number of H-pyrrole nitrogens is 1. The summed E-state index contributed by atoms with van der Waals surface area (Å²) in [6.07, 6.45) is 1.36. The Balaban J connectivity index is 1.99. The fourth-order valence-corrected chi connectivity index (χ4v) is 2.70. The van der Waals surface area contributed by atoms with Gasteiger partial charge >= 0.3 is 5.97 Å². The molecule has 0 radical (unpaired) electrons. The summed E-state index contributed by atoms with van der Waals surface area (Å²) in [4.78, 5) is 27.9. The highest BCUT2D eigenvalue weighted by molar-refractivity contribution is 6.31. The Labute approximate surface area is 159 Å². The Morgan fingerprint density at radius 3 is 2.63 bits per heavy atom. The second-order valence-corrected chi connectivity index (χ2v) is 6.40. The monoisotopic (exact) mass is 385 g/mol. The predicted molar refractivity (Wildman–Crippen MR) is 103 cm³/mol. The van der Waals surface area contributed by atoms with Crippen molar-refractivity contribution in [2.45, 2.75) is 13.8 Å². The second kappa shape index (κ2) is 7.13. The van der Waals surface area contributed by atoms with E-state index in [9.17, 15) is 14.7 Å². The number of carboxylic acids is 1. The molecule has 0 saturated heterocycles. The zero-order valence-electron chi connectivity index (χ0n) is 14.5. The summed E-state index contributed by atoms with van der Waals surface area (Å²) in [5.41, 5.74) is 2.15. The van der Waals surface area contributed by atoms with Crippen LogP contribution in [0.5, 0.6) is 5.75 Å². The van der Waals surface area contributed by atoms with Gasteiger partial charge in [-0.15, -0.1) is 0 Å². The van der Waals surface area contributed by atoms with E-state index in [0.717, 1.165) is 5.56 Å². The van der Waals surface area contributed by atoms with Crippen LogP contribution in [0.1, 0.15) is 27.2 Å². The van der Waals surface area contributed by atoms with Crippen LogP contribution in [0.25, 0.3) is 5.69 Å². The van der Waals surface area contributed by atoms with Gasteiger partial charge in [-0.1, -0.05) is 17.7 Å². The first-order valence-electron chi connectivity index (χ1n) is 7.96. The van der Waals surface area contributed by atoms with Crippen LogP contribution in [-0.4, -0.2) is 32.2 Å². The molecule has 3 aromatic rings. The number of aromatic amines is 1. The maximum absolute atomic E-state index is 12.7. The standard InChI is InChI=1S/C19H16ClN3O4/c1-10-3-5-13(8-16(10)20)23-18(25)15(11(2)22-23)9-21-12-4-6-17(24)14(7-12)19(26)27/h3-9,22,24H,1-2H3,(H,26,27). The first kappa shape index (κ1) is 18.5. The minimum absolute atomic E-state index is 0.262. The van der Waals surface area contributed by atoms with Crippen molar-refractivity contribution in [3.05, 3.63) is 74.2 Å². The smallest absolute Gasteiger partial charge is 0.339 e. The highest BCUT2D eigenvalue weighted by atomic mass is 35.5. The van der Waals surface area contributed by atoms with Crippen LogP contribution in [0.4, 0.5) is 5.69 Å². The van der Waals surface area contributed by atoms with Gasteiger partial charge in [-0.3, -0.25) is 14.9 Å². The molecule has 1 aromatic heterocycles. The lowest BCUT2D eigenvalue weighted by Gasteiger charge is -2.04. The number of nitrogens with one attached hydrogen (secondary N) is 1. The summed E-state index contributed by atoms with van der Waals surface area (Å²) in [5, 5.41) is 22.1. The molecule has 8 heteroatoms. The molecule has 0 aliphatic rings. The number of aliphatic imine (C=N–C) groups is 1. The summed E-state index contributed by atoms with van der Waals surface area (Å²) in [5.74, 6) is -1.61. The van der Waals surface area contributed by atoms with Crippen molar-refractivity contribution in [1.29, 1.82) is 0 Å². The van der Waals surface area contributed by atoms with Gasteiger partial charge in [0.1, 0.15) is 11.3 Å². The van der Waals surface area contributed by atoms with Crippen molar-refractivity contribution < 1.29 is 15.0 Å². The van der Waals surface area contributed by atoms with Gasteiger partial charge in [0.25, 0.3) is 5.56 Å². The van der Waals surface area contributed by atoms with E-state index in [0.29, 0.717) is 27.7 Å². The van der Waals surface area contributed by atoms with Gasteiger partial charge in [0.05, 0.1) is 16.9 Å². The zero-order chi connectivity index (χ0) is 19.7. The molecule has 3 rings (SSSR count). The van der Waals surface area contributed by atoms with Crippen LogP contribution in [0.2, 0.25) is 5.02 Å².